The van der Waals surface area contributed by atoms with Crippen molar-refractivity contribution in [3.63, 3.8) is 0 Å². The van der Waals surface area contributed by atoms with Crippen LogP contribution in [0.15, 0.2) is 48.5 Å². The lowest BCUT2D eigenvalue weighted by molar-refractivity contribution is -0.274. The maximum atomic E-state index is 14.5. The lowest BCUT2D eigenvalue weighted by Crippen LogP contribution is -2.20. The van der Waals surface area contributed by atoms with E-state index in [9.17, 15) is 22.0 Å². The van der Waals surface area contributed by atoms with Crippen molar-refractivity contribution in [2.45, 2.75) is 70.3 Å². The van der Waals surface area contributed by atoms with E-state index in [4.69, 9.17) is 4.74 Å². The first-order valence-electron chi connectivity index (χ1n) is 11.1. The Morgan fingerprint density at radius 3 is 2.03 bits per heavy atom. The number of benzene rings is 2. The van der Waals surface area contributed by atoms with Gasteiger partial charge in [-0.1, -0.05) is 56.2 Å². The van der Waals surface area contributed by atoms with Crippen LogP contribution in [0.25, 0.3) is 0 Å². The Labute approximate surface area is 185 Å². The van der Waals surface area contributed by atoms with Gasteiger partial charge in [-0.25, -0.2) is 0 Å². The van der Waals surface area contributed by atoms with Crippen LogP contribution in [0, 0.1) is 5.92 Å². The van der Waals surface area contributed by atoms with E-state index in [2.05, 4.69) is 11.7 Å². The standard InChI is InChI=1S/C25H29F5O2/c1-2-3-18-4-8-20(9-5-18)21-10-12-22(13-11-21)24(26,27)31-17-16-19-6-14-23(15-7-19)32-25(28,29)30/h6-7,10-15,18,20H,2-5,8-9,16-17H2,1H3. The topological polar surface area (TPSA) is 18.5 Å². The minimum atomic E-state index is -4.77. The number of hydrogen-bond donors (Lipinski definition) is 0. The van der Waals surface area contributed by atoms with Crippen molar-refractivity contribution >= 4 is 0 Å². The Hall–Kier alpha value is -2.15. The molecule has 0 amide bonds. The van der Waals surface area contributed by atoms with Crippen LogP contribution in [0.4, 0.5) is 22.0 Å². The Bertz CT molecular complexity index is 823. The van der Waals surface area contributed by atoms with Crippen molar-refractivity contribution in [3.8, 4) is 5.75 Å². The molecule has 0 atom stereocenters. The predicted octanol–water partition coefficient (Wildman–Crippen LogP) is 7.97. The van der Waals surface area contributed by atoms with Crippen LogP contribution in [-0.4, -0.2) is 13.0 Å². The van der Waals surface area contributed by atoms with E-state index in [-0.39, 0.29) is 24.3 Å². The van der Waals surface area contributed by atoms with Gasteiger partial charge in [-0.15, -0.1) is 13.2 Å². The van der Waals surface area contributed by atoms with Gasteiger partial charge in [0.25, 0.3) is 0 Å². The summed E-state index contributed by atoms with van der Waals surface area (Å²) in [6.45, 7) is 1.94. The molecule has 0 saturated heterocycles. The smallest absolute Gasteiger partial charge is 0.406 e. The van der Waals surface area contributed by atoms with Crippen LogP contribution in [0.1, 0.15) is 68.1 Å². The second-order valence-corrected chi connectivity index (χ2v) is 8.44. The van der Waals surface area contributed by atoms with Crippen LogP contribution >= 0.6 is 0 Å². The van der Waals surface area contributed by atoms with Gasteiger partial charge >= 0.3 is 12.5 Å². The van der Waals surface area contributed by atoms with Crippen molar-refractivity contribution in [3.05, 3.63) is 65.2 Å². The fourth-order valence-electron chi connectivity index (χ4n) is 4.38. The minimum Gasteiger partial charge on any atom is -0.406 e. The highest BCUT2D eigenvalue weighted by atomic mass is 19.4. The minimum absolute atomic E-state index is 0.140. The zero-order valence-corrected chi connectivity index (χ0v) is 18.1. The summed E-state index contributed by atoms with van der Waals surface area (Å²) in [5.74, 6) is 0.865. The summed E-state index contributed by atoms with van der Waals surface area (Å²) in [7, 11) is 0. The lowest BCUT2D eigenvalue weighted by Gasteiger charge is -2.29. The average molecular weight is 456 g/mol. The van der Waals surface area contributed by atoms with Gasteiger partial charge < -0.3 is 9.47 Å². The summed E-state index contributed by atoms with van der Waals surface area (Å²) in [6.07, 6.45) is -0.995. The third-order valence-corrected chi connectivity index (χ3v) is 6.09. The number of ether oxygens (including phenoxy) is 2. The molecular weight excluding hydrogens is 427 g/mol. The summed E-state index contributed by atoms with van der Waals surface area (Å²) in [5, 5.41) is 0. The first kappa shape index (κ1) is 24.5. The van der Waals surface area contributed by atoms with Crippen molar-refractivity contribution in [1.82, 2.24) is 0 Å². The molecule has 0 N–H and O–H groups in total. The molecule has 0 spiro atoms. The van der Waals surface area contributed by atoms with Crippen molar-refractivity contribution in [1.29, 1.82) is 0 Å². The molecule has 7 heteroatoms. The molecular formula is C25H29F5O2. The first-order chi connectivity index (χ1) is 15.2. The molecule has 2 aromatic carbocycles. The van der Waals surface area contributed by atoms with Gasteiger partial charge in [0.1, 0.15) is 5.75 Å². The molecule has 176 valence electrons. The Morgan fingerprint density at radius 2 is 1.47 bits per heavy atom. The molecule has 0 heterocycles. The van der Waals surface area contributed by atoms with Crippen LogP contribution in [-0.2, 0) is 17.3 Å². The molecule has 2 nitrogen and oxygen atoms in total. The van der Waals surface area contributed by atoms with Crippen LogP contribution in [0.3, 0.4) is 0 Å². The quantitative estimate of drug-likeness (QED) is 0.356. The number of halogens is 5. The number of rotatable bonds is 9. The molecule has 0 radical (unpaired) electrons. The Morgan fingerprint density at radius 1 is 0.844 bits per heavy atom. The van der Waals surface area contributed by atoms with Crippen LogP contribution < -0.4 is 4.74 Å². The fraction of sp³-hybridized carbons (Fsp3) is 0.520. The fourth-order valence-corrected chi connectivity index (χ4v) is 4.38. The molecule has 1 aliphatic carbocycles. The SMILES string of the molecule is CCCC1CCC(c2ccc(C(F)(F)OCCc3ccc(OC(F)(F)F)cc3)cc2)CC1. The van der Waals surface area contributed by atoms with E-state index in [0.29, 0.717) is 11.5 Å². The second kappa shape index (κ2) is 10.6. The third-order valence-electron chi connectivity index (χ3n) is 6.09. The van der Waals surface area contributed by atoms with E-state index in [1.54, 1.807) is 12.1 Å². The van der Waals surface area contributed by atoms with E-state index < -0.39 is 12.5 Å². The van der Waals surface area contributed by atoms with Gasteiger partial charge in [0, 0.05) is 0 Å². The zero-order chi connectivity index (χ0) is 23.2. The van der Waals surface area contributed by atoms with Crippen LogP contribution in [0.2, 0.25) is 0 Å². The van der Waals surface area contributed by atoms with Crippen molar-refractivity contribution < 1.29 is 31.4 Å². The van der Waals surface area contributed by atoms with Gasteiger partial charge in [0.2, 0.25) is 0 Å². The summed E-state index contributed by atoms with van der Waals surface area (Å²) in [4.78, 5) is 0. The van der Waals surface area contributed by atoms with Gasteiger partial charge in [-0.05, 0) is 67.2 Å². The van der Waals surface area contributed by atoms with E-state index in [1.807, 2.05) is 0 Å². The van der Waals surface area contributed by atoms with E-state index in [0.717, 1.165) is 36.5 Å². The average Bonchev–Trinajstić information content (AvgIpc) is 2.75. The molecule has 32 heavy (non-hydrogen) atoms. The van der Waals surface area contributed by atoms with Gasteiger partial charge in [0.05, 0.1) is 12.2 Å². The highest BCUT2D eigenvalue weighted by molar-refractivity contribution is 5.28. The number of hydrogen-bond acceptors (Lipinski definition) is 2. The monoisotopic (exact) mass is 456 g/mol. The lowest BCUT2D eigenvalue weighted by atomic mass is 9.77. The summed E-state index contributed by atoms with van der Waals surface area (Å²) in [6, 6.07) is 11.5. The maximum absolute atomic E-state index is 14.5. The summed E-state index contributed by atoms with van der Waals surface area (Å²) >= 11 is 0. The first-order valence-corrected chi connectivity index (χ1v) is 11.1. The summed E-state index contributed by atoms with van der Waals surface area (Å²) < 4.78 is 74.1. The van der Waals surface area contributed by atoms with E-state index in [1.165, 1.54) is 49.9 Å². The Kier molecular flexibility index (Phi) is 8.15. The predicted molar refractivity (Wildman–Crippen MR) is 113 cm³/mol. The molecule has 0 bridgehead atoms. The highest BCUT2D eigenvalue weighted by Gasteiger charge is 2.33. The van der Waals surface area contributed by atoms with Crippen LogP contribution in [0.5, 0.6) is 5.75 Å². The zero-order valence-electron chi connectivity index (χ0n) is 18.1. The molecule has 1 saturated carbocycles. The van der Waals surface area contributed by atoms with E-state index >= 15 is 0 Å². The van der Waals surface area contributed by atoms with Gasteiger partial charge in [0.15, 0.2) is 0 Å². The molecule has 0 aromatic heterocycles. The highest BCUT2D eigenvalue weighted by Crippen LogP contribution is 2.38. The van der Waals surface area contributed by atoms with Crippen molar-refractivity contribution in [2.24, 2.45) is 5.92 Å². The maximum Gasteiger partial charge on any atom is 0.573 e. The Balaban J connectivity index is 1.49. The molecule has 1 aliphatic rings. The van der Waals surface area contributed by atoms with Gasteiger partial charge in [-0.3, -0.25) is 0 Å². The third kappa shape index (κ3) is 7.19. The normalized spacial score (nSPS) is 19.7. The largest absolute Gasteiger partial charge is 0.573 e. The summed E-state index contributed by atoms with van der Waals surface area (Å²) in [5.41, 5.74) is 1.47. The molecule has 0 unspecified atom stereocenters. The second-order valence-electron chi connectivity index (χ2n) is 8.44. The van der Waals surface area contributed by atoms with Crippen molar-refractivity contribution in [2.75, 3.05) is 6.61 Å². The number of alkyl halides is 5. The molecule has 1 fully saturated rings. The van der Waals surface area contributed by atoms with Gasteiger partial charge in [-0.2, -0.15) is 8.78 Å². The molecule has 2 aromatic rings. The molecule has 0 aliphatic heterocycles. The molecule has 3 rings (SSSR count).